The smallest absolute Gasteiger partial charge is 0.410 e. The molecule has 1 aliphatic heterocycles. The zero-order chi connectivity index (χ0) is 26.6. The van der Waals surface area contributed by atoms with Gasteiger partial charge in [0.25, 0.3) is 0 Å². The molecule has 1 aromatic heterocycles. The molecule has 0 fully saturated rings. The van der Waals surface area contributed by atoms with Crippen molar-refractivity contribution in [2.24, 2.45) is 0 Å². The summed E-state index contributed by atoms with van der Waals surface area (Å²) in [5.74, 6) is 1.31. The van der Waals surface area contributed by atoms with Gasteiger partial charge >= 0.3 is 6.09 Å². The number of hydrogen-bond acceptors (Lipinski definition) is 8. The maximum Gasteiger partial charge on any atom is 0.410 e. The zero-order valence-electron chi connectivity index (χ0n) is 22.0. The van der Waals surface area contributed by atoms with Crippen molar-refractivity contribution in [1.29, 1.82) is 0 Å². The molecular formula is C28H34N4O5. The predicted octanol–water partition coefficient (Wildman–Crippen LogP) is 4.80. The Morgan fingerprint density at radius 1 is 1.05 bits per heavy atom. The fourth-order valence-corrected chi connectivity index (χ4v) is 4.17. The van der Waals surface area contributed by atoms with Crippen LogP contribution in [0.25, 0.3) is 16.6 Å². The van der Waals surface area contributed by atoms with Crippen LogP contribution in [0.1, 0.15) is 32.9 Å². The van der Waals surface area contributed by atoms with Gasteiger partial charge in [0.2, 0.25) is 0 Å². The highest BCUT2D eigenvalue weighted by Crippen LogP contribution is 2.34. The largest absolute Gasteiger partial charge is 0.497 e. The van der Waals surface area contributed by atoms with Crippen LogP contribution in [0.4, 0.5) is 16.2 Å². The van der Waals surface area contributed by atoms with Gasteiger partial charge in [-0.15, -0.1) is 0 Å². The third-order valence-corrected chi connectivity index (χ3v) is 6.00. The number of amides is 1. The maximum absolute atomic E-state index is 12.4. The molecular weight excluding hydrogens is 472 g/mol. The number of ether oxygens (including phenoxy) is 3. The molecule has 3 aromatic rings. The summed E-state index contributed by atoms with van der Waals surface area (Å²) in [6.45, 7) is 6.95. The minimum atomic E-state index is -0.525. The van der Waals surface area contributed by atoms with Crippen LogP contribution in [0.5, 0.6) is 11.5 Å². The summed E-state index contributed by atoms with van der Waals surface area (Å²) in [6, 6.07) is 11.4. The highest BCUT2D eigenvalue weighted by atomic mass is 16.6. The molecule has 1 amide bonds. The SMILES string of the molecule is COc1cc(OC)cc(N(CCO)c2ccc3ncc(C4=CCN(C(=O)OC(C)(C)C)CC4)nc3c2)c1. The molecule has 0 atom stereocenters. The Balaban J connectivity index is 1.62. The fourth-order valence-electron chi connectivity index (χ4n) is 4.17. The van der Waals surface area contributed by atoms with Gasteiger partial charge < -0.3 is 29.1 Å². The fraction of sp³-hybridized carbons (Fsp3) is 0.393. The van der Waals surface area contributed by atoms with E-state index < -0.39 is 5.60 Å². The van der Waals surface area contributed by atoms with Crippen molar-refractivity contribution in [2.75, 3.05) is 45.4 Å². The number of anilines is 2. The lowest BCUT2D eigenvalue weighted by atomic mass is 10.1. The molecule has 2 aromatic carbocycles. The van der Waals surface area contributed by atoms with E-state index in [0.29, 0.717) is 37.6 Å². The lowest BCUT2D eigenvalue weighted by Crippen LogP contribution is -2.39. The molecule has 1 N–H and O–H groups in total. The monoisotopic (exact) mass is 506 g/mol. The van der Waals surface area contributed by atoms with Crippen molar-refractivity contribution < 1.29 is 24.1 Å². The van der Waals surface area contributed by atoms with Crippen LogP contribution in [-0.4, -0.2) is 72.1 Å². The Morgan fingerprint density at radius 2 is 1.78 bits per heavy atom. The second-order valence-corrected chi connectivity index (χ2v) is 9.78. The van der Waals surface area contributed by atoms with Gasteiger partial charge in [-0.2, -0.15) is 0 Å². The number of benzene rings is 2. The quantitative estimate of drug-likeness (QED) is 0.488. The first-order valence-corrected chi connectivity index (χ1v) is 12.3. The average molecular weight is 507 g/mol. The first kappa shape index (κ1) is 26.2. The Morgan fingerprint density at radius 3 is 2.38 bits per heavy atom. The summed E-state index contributed by atoms with van der Waals surface area (Å²) in [6.07, 6.45) is 4.14. The second-order valence-electron chi connectivity index (χ2n) is 9.78. The van der Waals surface area contributed by atoms with E-state index in [0.717, 1.165) is 33.7 Å². The molecule has 1 aliphatic rings. The van der Waals surface area contributed by atoms with Crippen LogP contribution in [0, 0.1) is 0 Å². The molecule has 0 spiro atoms. The van der Waals surface area contributed by atoms with Gasteiger partial charge in [0.15, 0.2) is 0 Å². The number of carbonyl (C=O) groups is 1. The molecule has 9 heteroatoms. The molecule has 0 aliphatic carbocycles. The molecule has 37 heavy (non-hydrogen) atoms. The van der Waals surface area contributed by atoms with Crippen molar-refractivity contribution >= 4 is 34.1 Å². The predicted molar refractivity (Wildman–Crippen MR) is 144 cm³/mol. The number of fused-ring (bicyclic) bond motifs is 1. The van der Waals surface area contributed by atoms with Crippen molar-refractivity contribution in [2.45, 2.75) is 32.8 Å². The minimum absolute atomic E-state index is 0.0374. The molecule has 9 nitrogen and oxygen atoms in total. The number of aromatic nitrogens is 2. The summed E-state index contributed by atoms with van der Waals surface area (Å²) < 4.78 is 16.3. The molecule has 0 saturated heterocycles. The Kier molecular flexibility index (Phi) is 7.83. The first-order chi connectivity index (χ1) is 17.7. The van der Waals surface area contributed by atoms with Gasteiger partial charge in [-0.1, -0.05) is 6.08 Å². The van der Waals surface area contributed by atoms with Crippen LogP contribution in [0.3, 0.4) is 0 Å². The summed E-state index contributed by atoms with van der Waals surface area (Å²) >= 11 is 0. The van der Waals surface area contributed by atoms with Gasteiger partial charge in [0.1, 0.15) is 17.1 Å². The van der Waals surface area contributed by atoms with E-state index in [9.17, 15) is 9.90 Å². The van der Waals surface area contributed by atoms with E-state index in [1.54, 1.807) is 31.4 Å². The topological polar surface area (TPSA) is 97.3 Å². The van der Waals surface area contributed by atoms with Gasteiger partial charge in [0.05, 0.1) is 43.8 Å². The zero-order valence-corrected chi connectivity index (χ0v) is 22.0. The standard InChI is InChI=1S/C28H34N4O5/c1-28(2,3)37-27(34)31-10-8-19(9-11-31)26-18-29-24-7-6-20(16-25(24)30-26)32(12-13-33)21-14-22(35-4)17-23(15-21)36-5/h6-8,14-18,33H,9-13H2,1-5H3. The second kappa shape index (κ2) is 11.0. The molecule has 2 heterocycles. The number of methoxy groups -OCH3 is 2. The Labute approximate surface area is 217 Å². The third kappa shape index (κ3) is 6.29. The Hall–Kier alpha value is -3.85. The van der Waals surface area contributed by atoms with Gasteiger partial charge in [-0.05, 0) is 51.0 Å². The van der Waals surface area contributed by atoms with Gasteiger partial charge in [0, 0.05) is 49.2 Å². The van der Waals surface area contributed by atoms with E-state index >= 15 is 0 Å². The third-order valence-electron chi connectivity index (χ3n) is 6.00. The minimum Gasteiger partial charge on any atom is -0.497 e. The van der Waals surface area contributed by atoms with E-state index in [1.165, 1.54) is 0 Å². The molecule has 0 radical (unpaired) electrons. The van der Waals surface area contributed by atoms with Crippen molar-refractivity contribution in [3.8, 4) is 11.5 Å². The Bertz CT molecular complexity index is 1280. The normalized spacial score (nSPS) is 13.8. The van der Waals surface area contributed by atoms with Crippen LogP contribution < -0.4 is 14.4 Å². The van der Waals surface area contributed by atoms with E-state index in [1.807, 2.05) is 62.1 Å². The van der Waals surface area contributed by atoms with Gasteiger partial charge in [-0.3, -0.25) is 4.98 Å². The number of hydrogen-bond donors (Lipinski definition) is 1. The highest BCUT2D eigenvalue weighted by molar-refractivity contribution is 5.83. The summed E-state index contributed by atoms with van der Waals surface area (Å²) in [4.78, 5) is 25.6. The summed E-state index contributed by atoms with van der Waals surface area (Å²) in [5.41, 5.74) is 4.50. The summed E-state index contributed by atoms with van der Waals surface area (Å²) in [5, 5.41) is 9.79. The van der Waals surface area contributed by atoms with Crippen molar-refractivity contribution in [3.05, 3.63) is 54.4 Å². The number of rotatable bonds is 7. The number of nitrogens with zero attached hydrogens (tertiary/aromatic N) is 4. The van der Waals surface area contributed by atoms with E-state index in [-0.39, 0.29) is 12.7 Å². The molecule has 0 unspecified atom stereocenters. The first-order valence-electron chi connectivity index (χ1n) is 12.3. The molecule has 196 valence electrons. The summed E-state index contributed by atoms with van der Waals surface area (Å²) in [7, 11) is 3.21. The van der Waals surface area contributed by atoms with Crippen LogP contribution in [0.2, 0.25) is 0 Å². The molecule has 0 saturated carbocycles. The molecule has 4 rings (SSSR count). The van der Waals surface area contributed by atoms with Crippen molar-refractivity contribution in [1.82, 2.24) is 14.9 Å². The highest BCUT2D eigenvalue weighted by Gasteiger charge is 2.24. The van der Waals surface area contributed by atoms with E-state index in [4.69, 9.17) is 19.2 Å². The van der Waals surface area contributed by atoms with Crippen LogP contribution >= 0.6 is 0 Å². The van der Waals surface area contributed by atoms with Crippen LogP contribution in [-0.2, 0) is 4.74 Å². The van der Waals surface area contributed by atoms with Gasteiger partial charge in [-0.25, -0.2) is 9.78 Å². The van der Waals surface area contributed by atoms with Crippen LogP contribution in [0.15, 0.2) is 48.7 Å². The number of aliphatic hydroxyl groups excluding tert-OH is 1. The number of carbonyl (C=O) groups excluding carboxylic acids is 1. The lowest BCUT2D eigenvalue weighted by molar-refractivity contribution is 0.0270. The molecule has 0 bridgehead atoms. The number of aliphatic hydroxyl groups is 1. The maximum atomic E-state index is 12.4. The average Bonchev–Trinajstić information content (AvgIpc) is 2.89. The van der Waals surface area contributed by atoms with E-state index in [2.05, 4.69) is 4.98 Å². The lowest BCUT2D eigenvalue weighted by Gasteiger charge is -2.29. The van der Waals surface area contributed by atoms with Crippen molar-refractivity contribution in [3.63, 3.8) is 0 Å².